The molecule has 0 unspecified atom stereocenters. The number of unbranched alkanes of at least 4 members (excludes halogenated alkanes) is 5. The van der Waals surface area contributed by atoms with E-state index in [1.165, 1.54) is 47.3 Å². The fourth-order valence-corrected chi connectivity index (χ4v) is 6.92. The van der Waals surface area contributed by atoms with Gasteiger partial charge in [-0.1, -0.05) is 63.3 Å². The van der Waals surface area contributed by atoms with Gasteiger partial charge in [-0.05, 0) is 54.8 Å². The van der Waals surface area contributed by atoms with Crippen molar-refractivity contribution in [2.75, 3.05) is 32.7 Å². The summed E-state index contributed by atoms with van der Waals surface area (Å²) >= 11 is 1.86. The van der Waals surface area contributed by atoms with Gasteiger partial charge in [-0.25, -0.2) is 0 Å². The Labute approximate surface area is 227 Å². The number of piperazine rings is 1. The molecule has 1 aromatic carbocycles. The monoisotopic (exact) mass is 523 g/mol. The van der Waals surface area contributed by atoms with Crippen molar-refractivity contribution in [1.82, 2.24) is 14.7 Å². The topological polar surface area (TPSA) is 43.9 Å². The molecule has 3 heterocycles. The highest BCUT2D eigenvalue weighted by molar-refractivity contribution is 7.10. The number of nitrogens with zero attached hydrogens (tertiary/aromatic N) is 3. The molecule has 2 amide bonds. The minimum atomic E-state index is 0.0911. The van der Waals surface area contributed by atoms with Crippen molar-refractivity contribution in [3.05, 3.63) is 57.3 Å². The van der Waals surface area contributed by atoms with E-state index >= 15 is 0 Å². The molecule has 1 fully saturated rings. The Kier molecular flexibility index (Phi) is 10.2. The molecule has 1 saturated heterocycles. The maximum absolute atomic E-state index is 13.3. The highest BCUT2D eigenvalue weighted by atomic mass is 32.1. The molecule has 2 aromatic rings. The minimum absolute atomic E-state index is 0.0911. The summed E-state index contributed by atoms with van der Waals surface area (Å²) in [5, 5.41) is 2.21. The van der Waals surface area contributed by atoms with Crippen molar-refractivity contribution in [2.24, 2.45) is 0 Å². The van der Waals surface area contributed by atoms with Crippen molar-refractivity contribution in [2.45, 2.75) is 90.6 Å². The molecule has 0 bridgehead atoms. The van der Waals surface area contributed by atoms with E-state index in [4.69, 9.17) is 0 Å². The highest BCUT2D eigenvalue weighted by Crippen LogP contribution is 2.38. The quantitative estimate of drug-likeness (QED) is 0.329. The van der Waals surface area contributed by atoms with Gasteiger partial charge in [-0.3, -0.25) is 14.5 Å². The molecular formula is C31H45N3O2S. The van der Waals surface area contributed by atoms with Crippen molar-refractivity contribution in [3.8, 4) is 0 Å². The van der Waals surface area contributed by atoms with Gasteiger partial charge < -0.3 is 9.80 Å². The van der Waals surface area contributed by atoms with Crippen LogP contribution in [0.25, 0.3) is 0 Å². The van der Waals surface area contributed by atoms with Crippen LogP contribution in [0.15, 0.2) is 35.7 Å². The lowest BCUT2D eigenvalue weighted by Gasteiger charge is -2.41. The zero-order chi connectivity index (χ0) is 26.2. The van der Waals surface area contributed by atoms with Gasteiger partial charge in [0.2, 0.25) is 11.8 Å². The van der Waals surface area contributed by atoms with E-state index < -0.39 is 0 Å². The molecule has 202 valence electrons. The van der Waals surface area contributed by atoms with E-state index in [1.54, 1.807) is 0 Å². The number of carbonyl (C=O) groups excluding carboxylic acids is 2. The summed E-state index contributed by atoms with van der Waals surface area (Å²) in [5.41, 5.74) is 4.06. The Morgan fingerprint density at radius 2 is 1.70 bits per heavy atom. The fourth-order valence-electron chi connectivity index (χ4n) is 6.02. The summed E-state index contributed by atoms with van der Waals surface area (Å²) in [7, 11) is 0. The molecule has 0 aliphatic carbocycles. The molecule has 37 heavy (non-hydrogen) atoms. The average Bonchev–Trinajstić information content (AvgIpc) is 3.38. The van der Waals surface area contributed by atoms with Gasteiger partial charge in [-0.15, -0.1) is 11.3 Å². The van der Waals surface area contributed by atoms with E-state index in [2.05, 4.69) is 61.4 Å². The van der Waals surface area contributed by atoms with E-state index in [9.17, 15) is 9.59 Å². The van der Waals surface area contributed by atoms with Crippen molar-refractivity contribution in [1.29, 1.82) is 0 Å². The number of rotatable bonds is 11. The predicted octanol–water partition coefficient (Wildman–Crippen LogP) is 6.20. The lowest BCUT2D eigenvalue weighted by molar-refractivity contribution is -0.142. The smallest absolute Gasteiger partial charge is 0.223 e. The number of carbonyl (C=O) groups is 2. The first-order valence-corrected chi connectivity index (χ1v) is 15.3. The maximum atomic E-state index is 13.3. The Morgan fingerprint density at radius 3 is 2.49 bits per heavy atom. The minimum Gasteiger partial charge on any atom is -0.339 e. The van der Waals surface area contributed by atoms with Crippen LogP contribution in [0.5, 0.6) is 0 Å². The number of hydrogen-bond donors (Lipinski definition) is 0. The summed E-state index contributed by atoms with van der Waals surface area (Å²) < 4.78 is 0. The molecule has 2 aliphatic rings. The molecule has 0 N–H and O–H groups in total. The number of thiophene rings is 1. The Hall–Kier alpha value is -2.18. The Balaban J connectivity index is 1.28. The zero-order valence-electron chi connectivity index (χ0n) is 23.1. The van der Waals surface area contributed by atoms with Gasteiger partial charge in [0.1, 0.15) is 0 Å². The predicted molar refractivity (Wildman–Crippen MR) is 153 cm³/mol. The van der Waals surface area contributed by atoms with Crippen LogP contribution in [-0.2, 0) is 16.0 Å². The first-order chi connectivity index (χ1) is 18.0. The van der Waals surface area contributed by atoms with Gasteiger partial charge in [0.05, 0.1) is 6.04 Å². The molecule has 2 atom stereocenters. The van der Waals surface area contributed by atoms with Crippen molar-refractivity contribution in [3.63, 3.8) is 0 Å². The number of fused-ring (bicyclic) bond motifs is 1. The lowest BCUT2D eigenvalue weighted by atomic mass is 9.90. The van der Waals surface area contributed by atoms with Crippen LogP contribution in [0.2, 0.25) is 0 Å². The normalized spacial score (nSPS) is 20.2. The van der Waals surface area contributed by atoms with Crippen LogP contribution in [0.3, 0.4) is 0 Å². The zero-order valence-corrected chi connectivity index (χ0v) is 23.9. The first kappa shape index (κ1) is 27.8. The first-order valence-electron chi connectivity index (χ1n) is 14.4. The molecule has 4 rings (SSSR count). The van der Waals surface area contributed by atoms with Gasteiger partial charge in [-0.2, -0.15) is 0 Å². The molecule has 1 aromatic heterocycles. The second-order valence-corrected chi connectivity index (χ2v) is 11.9. The van der Waals surface area contributed by atoms with Gasteiger partial charge >= 0.3 is 0 Å². The van der Waals surface area contributed by atoms with Crippen LogP contribution in [0, 0.1) is 6.92 Å². The Bertz CT molecular complexity index is 1030. The van der Waals surface area contributed by atoms with Crippen LogP contribution in [0.1, 0.15) is 92.8 Å². The van der Waals surface area contributed by atoms with Crippen LogP contribution in [0.4, 0.5) is 0 Å². The van der Waals surface area contributed by atoms with Gasteiger partial charge in [0.25, 0.3) is 0 Å². The molecule has 0 saturated carbocycles. The third kappa shape index (κ3) is 7.02. The number of hydrogen-bond acceptors (Lipinski definition) is 4. The van der Waals surface area contributed by atoms with Crippen molar-refractivity contribution < 1.29 is 9.59 Å². The molecule has 0 radical (unpaired) electrons. The standard InChI is InChI=1S/C31H45N3O2S/c1-4-5-6-7-8-9-14-30(36)34-21-20-33(23-25(34)3)29(35)16-19-32-18-15-28-27(17-22-37-28)31(32)26-13-11-10-12-24(26)2/h10-13,17,22,25,31H,4-9,14-16,18-21,23H2,1-3H3/t25-,31-/m1/s1. The molecule has 6 heteroatoms. The summed E-state index contributed by atoms with van der Waals surface area (Å²) in [4.78, 5) is 34.0. The van der Waals surface area contributed by atoms with E-state index in [-0.39, 0.29) is 23.9 Å². The average molecular weight is 524 g/mol. The van der Waals surface area contributed by atoms with E-state index in [1.807, 2.05) is 21.1 Å². The third-order valence-electron chi connectivity index (χ3n) is 8.21. The van der Waals surface area contributed by atoms with E-state index in [0.717, 1.165) is 32.4 Å². The molecule has 2 aliphatic heterocycles. The van der Waals surface area contributed by atoms with E-state index in [0.29, 0.717) is 32.5 Å². The summed E-state index contributed by atoms with van der Waals surface area (Å²) in [6.45, 7) is 10.2. The maximum Gasteiger partial charge on any atom is 0.223 e. The summed E-state index contributed by atoms with van der Waals surface area (Å²) in [5.74, 6) is 0.477. The lowest BCUT2D eigenvalue weighted by Crippen LogP contribution is -2.55. The van der Waals surface area contributed by atoms with Gasteiger partial charge in [0, 0.05) is 56.5 Å². The summed E-state index contributed by atoms with van der Waals surface area (Å²) in [6.07, 6.45) is 9.41. The van der Waals surface area contributed by atoms with Crippen LogP contribution in [-0.4, -0.2) is 65.3 Å². The largest absolute Gasteiger partial charge is 0.339 e. The number of benzene rings is 1. The third-order valence-corrected chi connectivity index (χ3v) is 9.20. The molecular weight excluding hydrogens is 478 g/mol. The van der Waals surface area contributed by atoms with Crippen molar-refractivity contribution >= 4 is 23.2 Å². The second kappa shape index (κ2) is 13.6. The molecule has 5 nitrogen and oxygen atoms in total. The number of amides is 2. The SMILES string of the molecule is CCCCCCCCC(=O)N1CCN(C(=O)CCN2CCc3sccc3[C@H]2c2ccccc2C)C[C@H]1C. The second-order valence-electron chi connectivity index (χ2n) is 10.9. The fraction of sp³-hybridized carbons (Fsp3) is 0.613. The number of aryl methyl sites for hydroxylation is 1. The van der Waals surface area contributed by atoms with Gasteiger partial charge in [0.15, 0.2) is 0 Å². The molecule has 0 spiro atoms. The van der Waals surface area contributed by atoms with Crippen LogP contribution >= 0.6 is 11.3 Å². The highest BCUT2D eigenvalue weighted by Gasteiger charge is 2.32. The van der Waals surface area contributed by atoms with Crippen LogP contribution < -0.4 is 0 Å². The summed E-state index contributed by atoms with van der Waals surface area (Å²) in [6, 6.07) is 11.2. The Morgan fingerprint density at radius 1 is 0.919 bits per heavy atom.